The third-order valence-electron chi connectivity index (χ3n) is 7.17. The van der Waals surface area contributed by atoms with Gasteiger partial charge in [0.25, 0.3) is 0 Å². The molecule has 2 aromatic carbocycles. The first-order valence-electron chi connectivity index (χ1n) is 11.3. The van der Waals surface area contributed by atoms with Gasteiger partial charge >= 0.3 is 0 Å². The van der Waals surface area contributed by atoms with E-state index in [0.29, 0.717) is 0 Å². The molecule has 10 nitrogen and oxygen atoms in total. The van der Waals surface area contributed by atoms with Crippen LogP contribution in [0.4, 0.5) is 0 Å². The summed E-state index contributed by atoms with van der Waals surface area (Å²) < 4.78 is 11.4. The van der Waals surface area contributed by atoms with Crippen LogP contribution in [0.3, 0.4) is 0 Å². The number of aliphatic hydroxyl groups is 2. The molecule has 2 aliphatic carbocycles. The van der Waals surface area contributed by atoms with Gasteiger partial charge < -0.3 is 35.6 Å². The summed E-state index contributed by atoms with van der Waals surface area (Å²) in [5.74, 6) is -2.74. The van der Waals surface area contributed by atoms with E-state index in [9.17, 15) is 34.8 Å². The maximum absolute atomic E-state index is 13.3. The number of carbonyl (C=O) groups is 3. The molecule has 1 heterocycles. The zero-order chi connectivity index (χ0) is 25.2. The van der Waals surface area contributed by atoms with E-state index in [1.165, 1.54) is 19.1 Å². The fourth-order valence-corrected chi connectivity index (χ4v) is 5.13. The van der Waals surface area contributed by atoms with Crippen LogP contribution in [0.2, 0.25) is 0 Å². The molecule has 1 fully saturated rings. The fraction of sp³-hybridized carbons (Fsp3) is 0.400. The van der Waals surface area contributed by atoms with Crippen LogP contribution < -0.4 is 5.73 Å². The predicted octanol–water partition coefficient (Wildman–Crippen LogP) is 0.632. The molecule has 3 aliphatic rings. The number of rotatable bonds is 3. The monoisotopic (exact) mass is 483 g/mol. The van der Waals surface area contributed by atoms with Gasteiger partial charge in [-0.1, -0.05) is 24.3 Å². The lowest BCUT2D eigenvalue weighted by atomic mass is 9.71. The number of aliphatic hydroxyl groups excluding tert-OH is 2. The maximum atomic E-state index is 13.3. The van der Waals surface area contributed by atoms with Crippen LogP contribution in [-0.4, -0.2) is 68.4 Å². The number of phenolic OH excluding ortho intramolecular Hbond substituents is 2. The molecule has 5 atom stereocenters. The van der Waals surface area contributed by atoms with Crippen molar-refractivity contribution in [3.63, 3.8) is 0 Å². The molecule has 0 radical (unpaired) electrons. The van der Waals surface area contributed by atoms with Crippen molar-refractivity contribution >= 4 is 17.3 Å². The van der Waals surface area contributed by atoms with Crippen molar-refractivity contribution in [1.29, 1.82) is 0 Å². The van der Waals surface area contributed by atoms with E-state index in [1.54, 1.807) is 12.1 Å². The first kappa shape index (κ1) is 23.6. The molecule has 0 amide bonds. The van der Waals surface area contributed by atoms with E-state index in [0.717, 1.165) is 0 Å². The highest BCUT2D eigenvalue weighted by Crippen LogP contribution is 2.51. The third-order valence-corrected chi connectivity index (χ3v) is 7.17. The Labute approximate surface area is 199 Å². The molecule has 10 heteroatoms. The Morgan fingerprint density at radius 2 is 1.66 bits per heavy atom. The van der Waals surface area contributed by atoms with Gasteiger partial charge in [0, 0.05) is 41.5 Å². The molecule has 0 saturated carbocycles. The maximum Gasteiger partial charge on any atom is 0.198 e. The molecule has 0 bridgehead atoms. The number of phenols is 2. The van der Waals surface area contributed by atoms with Crippen LogP contribution in [0.25, 0.3) is 0 Å². The minimum atomic E-state index is -1.50. The summed E-state index contributed by atoms with van der Waals surface area (Å²) in [4.78, 5) is 39.0. The number of Topliss-reactive ketones (excluding diaryl/α,β-unsaturated/α-hetero) is 1. The van der Waals surface area contributed by atoms with Crippen molar-refractivity contribution in [1.82, 2.24) is 0 Å². The first-order chi connectivity index (χ1) is 16.5. The van der Waals surface area contributed by atoms with Crippen molar-refractivity contribution in [3.8, 4) is 11.5 Å². The van der Waals surface area contributed by atoms with Gasteiger partial charge in [-0.05, 0) is 6.92 Å². The van der Waals surface area contributed by atoms with Crippen LogP contribution in [0.15, 0.2) is 24.3 Å². The summed E-state index contributed by atoms with van der Waals surface area (Å²) in [5.41, 5.74) is 4.47. The number of nitrogens with two attached hydrogens (primary N) is 1. The number of fused-ring (bicyclic) bond motifs is 3. The highest BCUT2D eigenvalue weighted by Gasteiger charge is 2.48. The van der Waals surface area contributed by atoms with Crippen molar-refractivity contribution in [2.75, 3.05) is 6.61 Å². The lowest BCUT2D eigenvalue weighted by Crippen LogP contribution is -2.53. The molecule has 6 N–H and O–H groups in total. The standard InChI is InChI=1S/C25H25NO9/c1-10(27)25(26)7-13-18(16(8-25)35-17-6-14(28)15(29)9-34-17)24(33)20-19(23(13)32)21(30)11-4-2-3-5-12(11)22(20)31/h2-5,14-17,28-29,32-33H,6-9,26H2,1H3/t14-,15-,16-,17+,25-/m0/s1. The lowest BCUT2D eigenvalue weighted by molar-refractivity contribution is -0.238. The van der Waals surface area contributed by atoms with Crippen LogP contribution in [0.1, 0.15) is 68.8 Å². The number of hydrogen-bond donors (Lipinski definition) is 5. The van der Waals surface area contributed by atoms with E-state index in [4.69, 9.17) is 15.2 Å². The second kappa shape index (κ2) is 8.21. The zero-order valence-electron chi connectivity index (χ0n) is 18.9. The number of aromatic hydroxyl groups is 2. The molecule has 35 heavy (non-hydrogen) atoms. The summed E-state index contributed by atoms with van der Waals surface area (Å²) in [6.45, 7) is 1.09. The van der Waals surface area contributed by atoms with Gasteiger partial charge in [-0.25, -0.2) is 0 Å². The van der Waals surface area contributed by atoms with E-state index in [-0.39, 0.29) is 59.3 Å². The van der Waals surface area contributed by atoms with Crippen molar-refractivity contribution in [2.24, 2.45) is 5.73 Å². The quantitative estimate of drug-likeness (QED) is 0.332. The fourth-order valence-electron chi connectivity index (χ4n) is 5.13. The first-order valence-corrected chi connectivity index (χ1v) is 11.3. The summed E-state index contributed by atoms with van der Waals surface area (Å²) in [5, 5.41) is 42.3. The second-order valence-corrected chi connectivity index (χ2v) is 9.39. The summed E-state index contributed by atoms with van der Waals surface area (Å²) >= 11 is 0. The molecule has 0 aromatic heterocycles. The lowest BCUT2D eigenvalue weighted by Gasteiger charge is -2.41. The van der Waals surface area contributed by atoms with Crippen LogP contribution in [0, 0.1) is 0 Å². The SMILES string of the molecule is CC(=O)[C@]1(N)Cc2c(O)c3c(c(O)c2[C@@H](O[C@@H]2C[C@H](O)[C@@H](O)CO2)C1)C(=O)c1ccccc1C3=O. The average molecular weight is 483 g/mol. The topological polar surface area (TPSA) is 177 Å². The number of ether oxygens (including phenoxy) is 2. The summed E-state index contributed by atoms with van der Waals surface area (Å²) in [7, 11) is 0. The van der Waals surface area contributed by atoms with Crippen molar-refractivity contribution in [3.05, 3.63) is 57.6 Å². The highest BCUT2D eigenvalue weighted by molar-refractivity contribution is 6.30. The number of ketones is 3. The molecular weight excluding hydrogens is 458 g/mol. The van der Waals surface area contributed by atoms with E-state index < -0.39 is 59.0 Å². The molecule has 1 saturated heterocycles. The predicted molar refractivity (Wildman–Crippen MR) is 119 cm³/mol. The van der Waals surface area contributed by atoms with Gasteiger partial charge in [0.2, 0.25) is 0 Å². The minimum absolute atomic E-state index is 0.0344. The summed E-state index contributed by atoms with van der Waals surface area (Å²) in [6.07, 6.45) is -4.74. The Morgan fingerprint density at radius 3 is 2.23 bits per heavy atom. The van der Waals surface area contributed by atoms with Gasteiger partial charge in [0.05, 0.1) is 35.5 Å². The van der Waals surface area contributed by atoms with E-state index in [2.05, 4.69) is 0 Å². The van der Waals surface area contributed by atoms with Crippen molar-refractivity contribution in [2.45, 2.75) is 56.3 Å². The highest BCUT2D eigenvalue weighted by atomic mass is 16.7. The largest absolute Gasteiger partial charge is 0.507 e. The molecular formula is C25H25NO9. The number of benzene rings is 2. The Kier molecular flexibility index (Phi) is 5.53. The van der Waals surface area contributed by atoms with E-state index in [1.807, 2.05) is 0 Å². The van der Waals surface area contributed by atoms with Crippen LogP contribution >= 0.6 is 0 Å². The third kappa shape index (κ3) is 3.57. The molecule has 184 valence electrons. The minimum Gasteiger partial charge on any atom is -0.507 e. The zero-order valence-corrected chi connectivity index (χ0v) is 18.9. The number of hydrogen-bond acceptors (Lipinski definition) is 10. The molecule has 5 rings (SSSR count). The van der Waals surface area contributed by atoms with E-state index >= 15 is 0 Å². The molecule has 2 aromatic rings. The Morgan fingerprint density at radius 1 is 1.06 bits per heavy atom. The van der Waals surface area contributed by atoms with Crippen molar-refractivity contribution < 1.29 is 44.3 Å². The smallest absolute Gasteiger partial charge is 0.198 e. The Hall–Kier alpha value is -3.15. The van der Waals surface area contributed by atoms with Crippen LogP contribution in [-0.2, 0) is 20.7 Å². The molecule has 0 unspecified atom stereocenters. The van der Waals surface area contributed by atoms with Gasteiger partial charge in [0.15, 0.2) is 17.9 Å². The van der Waals surface area contributed by atoms with Crippen LogP contribution in [0.5, 0.6) is 11.5 Å². The second-order valence-electron chi connectivity index (χ2n) is 9.39. The normalized spacial score (nSPS) is 29.8. The Balaban J connectivity index is 1.67. The average Bonchev–Trinajstić information content (AvgIpc) is 2.82. The van der Waals surface area contributed by atoms with Gasteiger partial charge in [-0.15, -0.1) is 0 Å². The van der Waals surface area contributed by atoms with Gasteiger partial charge in [0.1, 0.15) is 23.4 Å². The van der Waals surface area contributed by atoms with Gasteiger partial charge in [-0.3, -0.25) is 14.4 Å². The van der Waals surface area contributed by atoms with Gasteiger partial charge in [-0.2, -0.15) is 0 Å². The molecule has 1 aliphatic heterocycles. The summed E-state index contributed by atoms with van der Waals surface area (Å²) in [6, 6.07) is 6.10. The Bertz CT molecular complexity index is 1270. The number of carbonyl (C=O) groups excluding carboxylic acids is 3. The molecule has 0 spiro atoms.